The molecule has 5 nitrogen and oxygen atoms in total. The van der Waals surface area contributed by atoms with Gasteiger partial charge in [-0.3, -0.25) is 0 Å². The summed E-state index contributed by atoms with van der Waals surface area (Å²) in [6.07, 6.45) is 6.55. The highest BCUT2D eigenvalue weighted by Gasteiger charge is 2.41. The second-order valence-corrected chi connectivity index (χ2v) is 8.12. The first kappa shape index (κ1) is 13.8. The third-order valence-electron chi connectivity index (χ3n) is 4.86. The zero-order valence-electron chi connectivity index (χ0n) is 11.7. The Bertz CT molecular complexity index is 602. The van der Waals surface area contributed by atoms with Gasteiger partial charge in [0.25, 0.3) is 0 Å². The zero-order chi connectivity index (χ0) is 14.3. The van der Waals surface area contributed by atoms with E-state index < -0.39 is 10.0 Å². The molecule has 2 aliphatic rings. The minimum absolute atomic E-state index is 0.0762. The lowest BCUT2D eigenvalue weighted by molar-refractivity contribution is 0.280. The Morgan fingerprint density at radius 1 is 1.40 bits per heavy atom. The van der Waals surface area contributed by atoms with Crippen LogP contribution in [0, 0.1) is 17.8 Å². The van der Waals surface area contributed by atoms with E-state index in [2.05, 4.69) is 4.98 Å². The molecule has 0 amide bonds. The summed E-state index contributed by atoms with van der Waals surface area (Å²) in [5, 5.41) is 0. The van der Waals surface area contributed by atoms with Gasteiger partial charge in [0.15, 0.2) is 0 Å². The summed E-state index contributed by atoms with van der Waals surface area (Å²) in [7, 11) is -1.88. The van der Waals surface area contributed by atoms with Gasteiger partial charge in [-0.05, 0) is 49.1 Å². The molecule has 2 saturated carbocycles. The number of aromatic nitrogens is 1. The van der Waals surface area contributed by atoms with E-state index in [-0.39, 0.29) is 10.7 Å². The molecule has 1 aromatic heterocycles. The van der Waals surface area contributed by atoms with Gasteiger partial charge in [0.1, 0.15) is 10.7 Å². The standard InChI is InChI=1S/C14H21N3O2S/c1-17(9-12-8-10-4-5-11(12)7-10)20(18,19)13-3-2-6-16-14(13)15/h2-3,6,10-12H,4-5,7-9H2,1H3,(H2,15,16). The van der Waals surface area contributed by atoms with Crippen LogP contribution in [0.4, 0.5) is 5.82 Å². The molecular formula is C14H21N3O2S. The van der Waals surface area contributed by atoms with Crippen LogP contribution in [0.2, 0.25) is 0 Å². The van der Waals surface area contributed by atoms with Crippen LogP contribution in [0.15, 0.2) is 23.2 Å². The first-order valence-electron chi connectivity index (χ1n) is 7.15. The number of sulfonamides is 1. The zero-order valence-corrected chi connectivity index (χ0v) is 12.5. The van der Waals surface area contributed by atoms with Gasteiger partial charge in [-0.25, -0.2) is 17.7 Å². The van der Waals surface area contributed by atoms with Gasteiger partial charge in [-0.15, -0.1) is 0 Å². The quantitative estimate of drug-likeness (QED) is 0.917. The SMILES string of the molecule is CN(CC1CC2CCC1C2)S(=O)(=O)c1cccnc1N. The van der Waals surface area contributed by atoms with E-state index in [1.165, 1.54) is 42.3 Å². The predicted octanol–water partition coefficient (Wildman–Crippen LogP) is 1.72. The van der Waals surface area contributed by atoms with Crippen molar-refractivity contribution in [2.45, 2.75) is 30.6 Å². The molecule has 0 saturated heterocycles. The van der Waals surface area contributed by atoms with Crippen LogP contribution in [-0.4, -0.2) is 31.3 Å². The van der Waals surface area contributed by atoms with Crippen LogP contribution < -0.4 is 5.73 Å². The average Bonchev–Trinajstić information content (AvgIpc) is 3.01. The molecule has 2 N–H and O–H groups in total. The van der Waals surface area contributed by atoms with Crippen molar-refractivity contribution >= 4 is 15.8 Å². The van der Waals surface area contributed by atoms with E-state index in [9.17, 15) is 8.42 Å². The summed E-state index contributed by atoms with van der Waals surface area (Å²) in [5.74, 6) is 2.12. The maximum absolute atomic E-state index is 12.6. The average molecular weight is 295 g/mol. The summed E-state index contributed by atoms with van der Waals surface area (Å²) < 4.78 is 26.6. The highest BCUT2D eigenvalue weighted by molar-refractivity contribution is 7.89. The number of fused-ring (bicyclic) bond motifs is 2. The van der Waals surface area contributed by atoms with Crippen LogP contribution in [-0.2, 0) is 10.0 Å². The molecule has 2 aliphatic carbocycles. The number of hydrogen-bond acceptors (Lipinski definition) is 4. The molecule has 2 fully saturated rings. The second-order valence-electron chi connectivity index (χ2n) is 6.11. The van der Waals surface area contributed by atoms with Crippen molar-refractivity contribution in [1.29, 1.82) is 0 Å². The Labute approximate surface area is 120 Å². The van der Waals surface area contributed by atoms with Crippen LogP contribution in [0.1, 0.15) is 25.7 Å². The first-order valence-corrected chi connectivity index (χ1v) is 8.59. The molecule has 110 valence electrons. The minimum atomic E-state index is -3.53. The smallest absolute Gasteiger partial charge is 0.246 e. The Balaban J connectivity index is 1.76. The lowest BCUT2D eigenvalue weighted by Crippen LogP contribution is -2.34. The van der Waals surface area contributed by atoms with Crippen LogP contribution in [0.3, 0.4) is 0 Å². The summed E-state index contributed by atoms with van der Waals surface area (Å²) in [5.41, 5.74) is 5.70. The fourth-order valence-electron chi connectivity index (χ4n) is 3.82. The van der Waals surface area contributed by atoms with Gasteiger partial charge in [-0.1, -0.05) is 6.42 Å². The van der Waals surface area contributed by atoms with Crippen molar-refractivity contribution in [3.63, 3.8) is 0 Å². The normalized spacial score (nSPS) is 29.2. The molecular weight excluding hydrogens is 274 g/mol. The largest absolute Gasteiger partial charge is 0.383 e. The summed E-state index contributed by atoms with van der Waals surface area (Å²) >= 11 is 0. The number of pyridine rings is 1. The maximum Gasteiger partial charge on any atom is 0.246 e. The molecule has 1 heterocycles. The number of hydrogen-bond donors (Lipinski definition) is 1. The fourth-order valence-corrected chi connectivity index (χ4v) is 5.11. The third kappa shape index (κ3) is 2.31. The second kappa shape index (κ2) is 5.00. The summed E-state index contributed by atoms with van der Waals surface area (Å²) in [6.45, 7) is 0.595. The van der Waals surface area contributed by atoms with Crippen molar-refractivity contribution in [3.05, 3.63) is 18.3 Å². The van der Waals surface area contributed by atoms with Crippen LogP contribution >= 0.6 is 0 Å². The number of nitrogens with zero attached hydrogens (tertiary/aromatic N) is 2. The molecule has 3 unspecified atom stereocenters. The summed E-state index contributed by atoms with van der Waals surface area (Å²) in [6, 6.07) is 3.13. The van der Waals surface area contributed by atoms with Crippen molar-refractivity contribution < 1.29 is 8.42 Å². The molecule has 20 heavy (non-hydrogen) atoms. The number of nitrogen functional groups attached to an aromatic ring is 1. The number of nitrogens with two attached hydrogens (primary N) is 1. The molecule has 3 rings (SSSR count). The molecule has 0 spiro atoms. The monoisotopic (exact) mass is 295 g/mol. The lowest BCUT2D eigenvalue weighted by Gasteiger charge is -2.26. The molecule has 0 aromatic carbocycles. The van der Waals surface area contributed by atoms with Crippen LogP contribution in [0.5, 0.6) is 0 Å². The van der Waals surface area contributed by atoms with E-state index in [0.29, 0.717) is 18.4 Å². The van der Waals surface area contributed by atoms with Crippen molar-refractivity contribution in [3.8, 4) is 0 Å². The van der Waals surface area contributed by atoms with Crippen molar-refractivity contribution in [1.82, 2.24) is 9.29 Å². The van der Waals surface area contributed by atoms with Gasteiger partial charge in [-0.2, -0.15) is 0 Å². The molecule has 0 aliphatic heterocycles. The van der Waals surface area contributed by atoms with E-state index in [4.69, 9.17) is 5.73 Å². The Morgan fingerprint density at radius 2 is 2.20 bits per heavy atom. The van der Waals surface area contributed by atoms with E-state index in [1.807, 2.05) is 0 Å². The van der Waals surface area contributed by atoms with E-state index in [0.717, 1.165) is 5.92 Å². The molecule has 0 radical (unpaired) electrons. The van der Waals surface area contributed by atoms with Gasteiger partial charge in [0.2, 0.25) is 10.0 Å². The predicted molar refractivity (Wildman–Crippen MR) is 77.4 cm³/mol. The Kier molecular flexibility index (Phi) is 3.46. The summed E-state index contributed by atoms with van der Waals surface area (Å²) in [4.78, 5) is 3.99. The van der Waals surface area contributed by atoms with E-state index in [1.54, 1.807) is 13.1 Å². The lowest BCUT2D eigenvalue weighted by atomic mass is 9.89. The molecule has 6 heteroatoms. The molecule has 2 bridgehead atoms. The van der Waals surface area contributed by atoms with Gasteiger partial charge >= 0.3 is 0 Å². The third-order valence-corrected chi connectivity index (χ3v) is 6.73. The topological polar surface area (TPSA) is 76.3 Å². The van der Waals surface area contributed by atoms with Crippen LogP contribution in [0.25, 0.3) is 0 Å². The van der Waals surface area contributed by atoms with Crippen molar-refractivity contribution in [2.75, 3.05) is 19.3 Å². The van der Waals surface area contributed by atoms with E-state index >= 15 is 0 Å². The highest BCUT2D eigenvalue weighted by Crippen LogP contribution is 2.48. The molecule has 3 atom stereocenters. The Morgan fingerprint density at radius 3 is 2.80 bits per heavy atom. The number of anilines is 1. The fraction of sp³-hybridized carbons (Fsp3) is 0.643. The van der Waals surface area contributed by atoms with Gasteiger partial charge in [0.05, 0.1) is 0 Å². The first-order chi connectivity index (χ1) is 9.48. The van der Waals surface area contributed by atoms with Crippen molar-refractivity contribution in [2.24, 2.45) is 17.8 Å². The maximum atomic E-state index is 12.6. The minimum Gasteiger partial charge on any atom is -0.383 e. The highest BCUT2D eigenvalue weighted by atomic mass is 32.2. The van der Waals surface area contributed by atoms with Gasteiger partial charge in [0, 0.05) is 19.8 Å². The Hall–Kier alpha value is -1.14. The molecule has 1 aromatic rings. The number of rotatable bonds is 4. The van der Waals surface area contributed by atoms with Gasteiger partial charge < -0.3 is 5.73 Å².